The van der Waals surface area contributed by atoms with Crippen LogP contribution in [0.3, 0.4) is 0 Å². The van der Waals surface area contributed by atoms with Crippen LogP contribution in [0.1, 0.15) is 155 Å². The summed E-state index contributed by atoms with van der Waals surface area (Å²) in [6.45, 7) is 17.1. The predicted molar refractivity (Wildman–Crippen MR) is 239 cm³/mol. The molecule has 0 unspecified atom stereocenters. The zero-order chi connectivity index (χ0) is 40.0. The summed E-state index contributed by atoms with van der Waals surface area (Å²) in [4.78, 5) is 22.6. The van der Waals surface area contributed by atoms with Crippen molar-refractivity contribution in [2.24, 2.45) is 17.3 Å². The SMILES string of the molecule is CCC(CC)C(=O)/C=C(\O)C(CC)CC.Cc1c(-c2ccc(C3CCC4(CCCCC4)CC3)cc2)sc2c(-c3[c-]c4ccccc4c(C(C)(C)C)c3)ncnc12.[Ir]. The van der Waals surface area contributed by atoms with Crippen LogP contribution >= 0.6 is 11.3 Å². The van der Waals surface area contributed by atoms with Crippen LogP contribution in [-0.2, 0) is 30.3 Å². The number of aliphatic hydroxyl groups is 1. The van der Waals surface area contributed by atoms with E-state index < -0.39 is 0 Å². The number of rotatable bonds is 10. The molecule has 0 aliphatic heterocycles. The van der Waals surface area contributed by atoms with E-state index in [4.69, 9.17) is 9.97 Å². The summed E-state index contributed by atoms with van der Waals surface area (Å²) in [7, 11) is 0. The van der Waals surface area contributed by atoms with E-state index in [0.29, 0.717) is 5.41 Å². The van der Waals surface area contributed by atoms with Crippen molar-refractivity contribution < 1.29 is 30.0 Å². The van der Waals surface area contributed by atoms with Gasteiger partial charge in [0.1, 0.15) is 6.33 Å². The number of carbonyl (C=O) groups excluding carboxylic acids is 1. The standard InChI is InChI=1S/C38H41N2S.C13H24O2.Ir/c1-25-33-36(34(40-24-39-33)30-22-29-10-6-7-11-31(29)32(23-30)37(2,3)4)41-35(25)28-14-12-26(13-15-28)27-16-20-38(21-17-27)18-8-5-9-19-38;1-5-10(6-2)12(14)9-13(15)11(7-3)8-4;/h6-7,10-15,23-24,27H,5,8-9,16-21H2,1-4H3;9-11,14H,5-8H2,1-4H3;/q-1;;/b;12-9-;. The minimum absolute atomic E-state index is 0. The van der Waals surface area contributed by atoms with Crippen LogP contribution in [0, 0.1) is 30.2 Å². The summed E-state index contributed by atoms with van der Waals surface area (Å²) in [6, 6.07) is 24.1. The van der Waals surface area contributed by atoms with Crippen LogP contribution in [0.15, 0.2) is 72.8 Å². The van der Waals surface area contributed by atoms with Crippen molar-refractivity contribution in [3.05, 3.63) is 95.5 Å². The van der Waals surface area contributed by atoms with Gasteiger partial charge in [-0.15, -0.1) is 40.5 Å². The molecule has 0 atom stereocenters. The van der Waals surface area contributed by atoms with Gasteiger partial charge in [-0.1, -0.05) is 121 Å². The third-order valence-electron chi connectivity index (χ3n) is 13.2. The third-order valence-corrected chi connectivity index (χ3v) is 14.6. The number of hydrogen-bond acceptors (Lipinski definition) is 5. The molecule has 2 aromatic heterocycles. The molecule has 307 valence electrons. The molecule has 2 saturated carbocycles. The van der Waals surface area contributed by atoms with E-state index in [1.807, 2.05) is 39.0 Å². The number of benzene rings is 3. The zero-order valence-corrected chi connectivity index (χ0v) is 39.0. The summed E-state index contributed by atoms with van der Waals surface area (Å²) < 4.78 is 1.15. The first-order chi connectivity index (χ1) is 26.9. The van der Waals surface area contributed by atoms with Gasteiger partial charge in [0.05, 0.1) is 11.3 Å². The van der Waals surface area contributed by atoms with Gasteiger partial charge in [-0.05, 0) is 105 Å². The minimum atomic E-state index is 0. The average molecular weight is 962 g/mol. The van der Waals surface area contributed by atoms with Gasteiger partial charge in [0.2, 0.25) is 0 Å². The van der Waals surface area contributed by atoms with Gasteiger partial charge in [-0.2, -0.15) is 0 Å². The quantitative estimate of drug-likeness (QED) is 0.0861. The summed E-state index contributed by atoms with van der Waals surface area (Å²) in [5, 5.41) is 12.2. The number of aryl methyl sites for hydroxylation is 1. The molecule has 2 heterocycles. The van der Waals surface area contributed by atoms with Gasteiger partial charge in [0, 0.05) is 53.3 Å². The van der Waals surface area contributed by atoms with E-state index in [1.54, 1.807) is 6.33 Å². The normalized spacial score (nSPS) is 16.2. The molecule has 0 bridgehead atoms. The van der Waals surface area contributed by atoms with Crippen LogP contribution in [0.25, 0.3) is 42.7 Å². The molecule has 57 heavy (non-hydrogen) atoms. The Bertz CT molecular complexity index is 2120. The van der Waals surface area contributed by atoms with Gasteiger partial charge in [-0.3, -0.25) is 9.78 Å². The number of aromatic nitrogens is 2. The van der Waals surface area contributed by atoms with Gasteiger partial charge >= 0.3 is 0 Å². The largest absolute Gasteiger partial charge is 0.512 e. The first kappa shape index (κ1) is 44.9. The van der Waals surface area contributed by atoms with Crippen LogP contribution in [0.5, 0.6) is 0 Å². The topological polar surface area (TPSA) is 63.1 Å². The summed E-state index contributed by atoms with van der Waals surface area (Å²) in [5.41, 5.74) is 9.18. The molecule has 4 nitrogen and oxygen atoms in total. The van der Waals surface area contributed by atoms with E-state index in [0.717, 1.165) is 58.5 Å². The summed E-state index contributed by atoms with van der Waals surface area (Å²) in [6.07, 6.45) is 19.5. The average Bonchev–Trinajstić information content (AvgIpc) is 3.55. The van der Waals surface area contributed by atoms with Gasteiger partial charge in [0.25, 0.3) is 0 Å². The zero-order valence-electron chi connectivity index (χ0n) is 35.8. The molecule has 2 aliphatic carbocycles. The van der Waals surface area contributed by atoms with Crippen molar-refractivity contribution in [2.45, 2.75) is 150 Å². The minimum Gasteiger partial charge on any atom is -0.512 e. The van der Waals surface area contributed by atoms with E-state index in [9.17, 15) is 9.90 Å². The van der Waals surface area contributed by atoms with Gasteiger partial charge in [-0.25, -0.2) is 4.98 Å². The van der Waals surface area contributed by atoms with Gasteiger partial charge < -0.3 is 5.11 Å². The number of thiophene rings is 1. The Morgan fingerprint density at radius 1 is 0.895 bits per heavy atom. The van der Waals surface area contributed by atoms with E-state index in [2.05, 4.69) is 88.4 Å². The molecule has 1 radical (unpaired) electrons. The second-order valence-corrected chi connectivity index (χ2v) is 18.8. The monoisotopic (exact) mass is 962 g/mol. The molecule has 0 amide bonds. The van der Waals surface area contributed by atoms with Crippen molar-refractivity contribution in [3.63, 3.8) is 0 Å². The molecule has 3 aromatic carbocycles. The first-order valence-electron chi connectivity index (χ1n) is 21.7. The van der Waals surface area contributed by atoms with Crippen molar-refractivity contribution in [3.8, 4) is 21.7 Å². The number of hydrogen-bond donors (Lipinski definition) is 1. The summed E-state index contributed by atoms with van der Waals surface area (Å²) >= 11 is 1.83. The van der Waals surface area contributed by atoms with Gasteiger partial charge in [0.15, 0.2) is 5.78 Å². The predicted octanol–water partition coefficient (Wildman–Crippen LogP) is 15.1. The maximum absolute atomic E-state index is 11.7. The number of nitrogens with zero attached hydrogens (tertiary/aromatic N) is 2. The Labute approximate surface area is 360 Å². The Morgan fingerprint density at radius 2 is 1.53 bits per heavy atom. The van der Waals surface area contributed by atoms with Crippen molar-refractivity contribution in [1.29, 1.82) is 0 Å². The molecular formula is C51H65IrN2O2S-. The van der Waals surface area contributed by atoms with Crippen LogP contribution in [-0.4, -0.2) is 20.9 Å². The number of fused-ring (bicyclic) bond motifs is 2. The fourth-order valence-corrected chi connectivity index (χ4v) is 10.8. The number of allylic oxidation sites excluding steroid dienone is 2. The maximum Gasteiger partial charge on any atom is 0.162 e. The molecule has 5 aromatic rings. The maximum atomic E-state index is 11.7. The molecule has 1 N–H and O–H groups in total. The van der Waals surface area contributed by atoms with Crippen LogP contribution < -0.4 is 0 Å². The van der Waals surface area contributed by atoms with Crippen molar-refractivity contribution in [2.75, 3.05) is 0 Å². The molecule has 2 aliphatic rings. The van der Waals surface area contributed by atoms with Crippen LogP contribution in [0.2, 0.25) is 0 Å². The molecule has 1 spiro atoms. The molecule has 0 saturated heterocycles. The van der Waals surface area contributed by atoms with Crippen LogP contribution in [0.4, 0.5) is 0 Å². The van der Waals surface area contributed by atoms with E-state index >= 15 is 0 Å². The first-order valence-corrected chi connectivity index (χ1v) is 22.5. The fraction of sp³-hybridized carbons (Fsp3) is 0.510. The molecule has 7 rings (SSSR count). The third kappa shape index (κ3) is 10.2. The second-order valence-electron chi connectivity index (χ2n) is 17.8. The van der Waals surface area contributed by atoms with E-state index in [1.165, 1.54) is 96.4 Å². The second kappa shape index (κ2) is 19.7. The summed E-state index contributed by atoms with van der Waals surface area (Å²) in [5.74, 6) is 1.27. The molecular weight excluding hydrogens is 897 g/mol. The Balaban J connectivity index is 0.000000333. The number of carbonyl (C=O) groups is 1. The molecule has 6 heteroatoms. The van der Waals surface area contributed by atoms with Crippen molar-refractivity contribution >= 4 is 38.1 Å². The molecule has 2 fully saturated rings. The number of aliphatic hydroxyl groups excluding tert-OH is 1. The Morgan fingerprint density at radius 3 is 2.14 bits per heavy atom. The fourth-order valence-electron chi connectivity index (χ4n) is 9.52. The van der Waals surface area contributed by atoms with E-state index in [-0.39, 0.29) is 48.9 Å². The Kier molecular flexibility index (Phi) is 15.5. The smallest absolute Gasteiger partial charge is 0.162 e. The Hall–Kier alpha value is -3.18. The number of ketones is 1. The van der Waals surface area contributed by atoms with Crippen molar-refractivity contribution in [1.82, 2.24) is 9.97 Å².